The molecule has 0 saturated carbocycles. The summed E-state index contributed by atoms with van der Waals surface area (Å²) in [6.07, 6.45) is 1.77. The maximum atomic E-state index is 13.0. The number of hydrogen-bond donors (Lipinski definition) is 1. The highest BCUT2D eigenvalue weighted by atomic mass is 32.2. The lowest BCUT2D eigenvalue weighted by atomic mass is 10.1. The Morgan fingerprint density at radius 2 is 1.68 bits per heavy atom. The maximum Gasteiger partial charge on any atom is 0.196 e. The van der Waals surface area contributed by atoms with E-state index in [1.807, 2.05) is 83.4 Å². The fourth-order valence-electron chi connectivity index (χ4n) is 3.65. The average molecular weight is 471 g/mol. The van der Waals surface area contributed by atoms with Crippen LogP contribution in [0.15, 0.2) is 90.2 Å². The lowest BCUT2D eigenvalue weighted by molar-refractivity contribution is 0.102. The number of thioether (sulfide) groups is 1. The van der Waals surface area contributed by atoms with Gasteiger partial charge in [0.15, 0.2) is 16.8 Å². The number of hydrogen-bond acceptors (Lipinski definition) is 6. The van der Waals surface area contributed by atoms with E-state index in [1.165, 1.54) is 11.8 Å². The highest BCUT2D eigenvalue weighted by Crippen LogP contribution is 2.26. The molecule has 8 heteroatoms. The first-order valence-electron chi connectivity index (χ1n) is 10.7. The Morgan fingerprint density at radius 3 is 2.47 bits per heavy atom. The summed E-state index contributed by atoms with van der Waals surface area (Å²) in [4.78, 5) is 16.1. The largest absolute Gasteiger partial charge is 0.497 e. The number of para-hydroxylation sites is 2. The van der Waals surface area contributed by atoms with Crippen molar-refractivity contribution in [2.75, 3.05) is 12.9 Å². The molecule has 5 aromatic rings. The highest BCUT2D eigenvalue weighted by Gasteiger charge is 2.18. The molecule has 0 spiro atoms. The second kappa shape index (κ2) is 9.84. The first-order chi connectivity index (χ1) is 16.7. The quantitative estimate of drug-likeness (QED) is 0.232. The van der Waals surface area contributed by atoms with Gasteiger partial charge in [-0.3, -0.25) is 9.36 Å². The van der Waals surface area contributed by atoms with Gasteiger partial charge in [-0.15, -0.1) is 10.2 Å². The van der Waals surface area contributed by atoms with Crippen molar-refractivity contribution in [3.8, 4) is 17.2 Å². The van der Waals surface area contributed by atoms with E-state index < -0.39 is 0 Å². The van der Waals surface area contributed by atoms with Gasteiger partial charge in [0.05, 0.1) is 12.9 Å². The predicted octanol–water partition coefficient (Wildman–Crippen LogP) is 5.31. The molecular weight excluding hydrogens is 448 g/mol. The van der Waals surface area contributed by atoms with E-state index in [0.29, 0.717) is 22.3 Å². The summed E-state index contributed by atoms with van der Waals surface area (Å²) in [5.74, 6) is 2.38. The van der Waals surface area contributed by atoms with Crippen molar-refractivity contribution in [3.63, 3.8) is 0 Å². The minimum atomic E-state index is 0.0288. The summed E-state index contributed by atoms with van der Waals surface area (Å²) in [6.45, 7) is 0.227. The van der Waals surface area contributed by atoms with E-state index in [2.05, 4.69) is 15.2 Å². The highest BCUT2D eigenvalue weighted by molar-refractivity contribution is 7.99. The minimum Gasteiger partial charge on any atom is -0.497 e. The first-order valence-corrected chi connectivity index (χ1v) is 11.7. The van der Waals surface area contributed by atoms with Crippen molar-refractivity contribution >= 4 is 28.4 Å². The number of carbonyl (C=O) groups is 1. The number of ether oxygens (including phenoxy) is 2. The number of rotatable bonds is 9. The molecule has 0 aliphatic rings. The SMILES string of the molecule is COc1ccc(OCc2nnc(SCC(=O)c3c[nH]c4ccccc34)n2-c2ccccc2)cc1. The first kappa shape index (κ1) is 21.8. The zero-order chi connectivity index (χ0) is 23.3. The van der Waals surface area contributed by atoms with Crippen LogP contribution in [0.25, 0.3) is 16.6 Å². The number of ketones is 1. The van der Waals surface area contributed by atoms with Gasteiger partial charge in [-0.25, -0.2) is 0 Å². The predicted molar refractivity (Wildman–Crippen MR) is 132 cm³/mol. The molecule has 2 aromatic heterocycles. The van der Waals surface area contributed by atoms with Gasteiger partial charge in [0.1, 0.15) is 18.1 Å². The van der Waals surface area contributed by atoms with Crippen molar-refractivity contribution in [1.82, 2.24) is 19.7 Å². The maximum absolute atomic E-state index is 13.0. The Kier molecular flexibility index (Phi) is 6.31. The molecule has 0 aliphatic heterocycles. The van der Waals surface area contributed by atoms with Gasteiger partial charge < -0.3 is 14.5 Å². The smallest absolute Gasteiger partial charge is 0.196 e. The molecule has 0 amide bonds. The van der Waals surface area contributed by atoms with Gasteiger partial charge in [-0.05, 0) is 42.5 Å². The molecule has 34 heavy (non-hydrogen) atoms. The second-order valence-corrected chi connectivity index (χ2v) is 8.44. The molecule has 0 atom stereocenters. The van der Waals surface area contributed by atoms with E-state index in [4.69, 9.17) is 9.47 Å². The molecule has 0 aliphatic carbocycles. The summed E-state index contributed by atoms with van der Waals surface area (Å²) >= 11 is 1.36. The van der Waals surface area contributed by atoms with Crippen molar-refractivity contribution < 1.29 is 14.3 Å². The second-order valence-electron chi connectivity index (χ2n) is 7.49. The third-order valence-corrected chi connectivity index (χ3v) is 6.29. The van der Waals surface area contributed by atoms with Crippen LogP contribution in [0.3, 0.4) is 0 Å². The Labute approximate surface area is 200 Å². The standard InChI is InChI=1S/C26H22N4O3S/c1-32-19-11-13-20(14-12-19)33-16-25-28-29-26(30(25)18-7-3-2-4-8-18)34-17-24(31)22-15-27-23-10-6-5-9-21(22)23/h2-15,27H,16-17H2,1H3. The Balaban J connectivity index is 1.36. The molecule has 0 radical (unpaired) electrons. The van der Waals surface area contributed by atoms with Gasteiger partial charge in [-0.1, -0.05) is 48.2 Å². The summed E-state index contributed by atoms with van der Waals surface area (Å²) in [5.41, 5.74) is 2.53. The van der Waals surface area contributed by atoms with Crippen LogP contribution in [-0.2, 0) is 6.61 Å². The van der Waals surface area contributed by atoms with E-state index in [1.54, 1.807) is 13.3 Å². The summed E-state index contributed by atoms with van der Waals surface area (Å²) < 4.78 is 13.1. The van der Waals surface area contributed by atoms with Gasteiger partial charge in [0.25, 0.3) is 0 Å². The van der Waals surface area contributed by atoms with Crippen LogP contribution >= 0.6 is 11.8 Å². The van der Waals surface area contributed by atoms with Crippen LogP contribution in [0.4, 0.5) is 0 Å². The van der Waals surface area contributed by atoms with Crippen molar-refractivity contribution in [3.05, 3.63) is 96.4 Å². The Hall–Kier alpha value is -4.04. The fourth-order valence-corrected chi connectivity index (χ4v) is 4.51. The minimum absolute atomic E-state index is 0.0288. The molecular formula is C26H22N4O3S. The molecule has 1 N–H and O–H groups in total. The van der Waals surface area contributed by atoms with Gasteiger partial charge in [-0.2, -0.15) is 0 Å². The van der Waals surface area contributed by atoms with E-state index >= 15 is 0 Å². The van der Waals surface area contributed by atoms with Crippen LogP contribution < -0.4 is 9.47 Å². The van der Waals surface area contributed by atoms with Gasteiger partial charge in [0.2, 0.25) is 0 Å². The number of carbonyl (C=O) groups excluding carboxylic acids is 1. The number of aromatic nitrogens is 4. The van der Waals surface area contributed by atoms with Crippen LogP contribution in [0.5, 0.6) is 11.5 Å². The van der Waals surface area contributed by atoms with Crippen LogP contribution in [0, 0.1) is 0 Å². The molecule has 0 fully saturated rings. The molecule has 0 saturated heterocycles. The van der Waals surface area contributed by atoms with Crippen LogP contribution in [0.2, 0.25) is 0 Å². The molecule has 0 bridgehead atoms. The summed E-state index contributed by atoms with van der Waals surface area (Å²) in [6, 6.07) is 25.0. The van der Waals surface area contributed by atoms with E-state index in [-0.39, 0.29) is 18.1 Å². The monoisotopic (exact) mass is 470 g/mol. The lowest BCUT2D eigenvalue weighted by Gasteiger charge is -2.11. The molecule has 0 unspecified atom stereocenters. The zero-order valence-electron chi connectivity index (χ0n) is 18.5. The zero-order valence-corrected chi connectivity index (χ0v) is 19.3. The average Bonchev–Trinajstić information content (AvgIpc) is 3.51. The van der Waals surface area contributed by atoms with Crippen LogP contribution in [-0.4, -0.2) is 38.4 Å². The molecule has 5 rings (SSSR count). The van der Waals surface area contributed by atoms with Crippen molar-refractivity contribution in [2.24, 2.45) is 0 Å². The number of fused-ring (bicyclic) bond motifs is 1. The molecule has 7 nitrogen and oxygen atoms in total. The molecule has 170 valence electrons. The number of aromatic amines is 1. The van der Waals surface area contributed by atoms with Crippen molar-refractivity contribution in [2.45, 2.75) is 11.8 Å². The van der Waals surface area contributed by atoms with Gasteiger partial charge >= 0.3 is 0 Å². The number of methoxy groups -OCH3 is 1. The number of benzene rings is 3. The number of nitrogens with zero attached hydrogens (tertiary/aromatic N) is 3. The van der Waals surface area contributed by atoms with E-state index in [0.717, 1.165) is 22.3 Å². The Morgan fingerprint density at radius 1 is 0.941 bits per heavy atom. The number of Topliss-reactive ketones (excluding diaryl/α,β-unsaturated/α-hetero) is 1. The van der Waals surface area contributed by atoms with Crippen molar-refractivity contribution in [1.29, 1.82) is 0 Å². The Bertz CT molecular complexity index is 1410. The van der Waals surface area contributed by atoms with Crippen LogP contribution in [0.1, 0.15) is 16.2 Å². The lowest BCUT2D eigenvalue weighted by Crippen LogP contribution is -2.08. The third-order valence-electron chi connectivity index (χ3n) is 5.36. The number of nitrogens with one attached hydrogen (secondary N) is 1. The number of H-pyrrole nitrogens is 1. The van der Waals surface area contributed by atoms with Gasteiger partial charge in [0, 0.05) is 28.4 Å². The molecule has 3 aromatic carbocycles. The topological polar surface area (TPSA) is 82.0 Å². The fraction of sp³-hybridized carbons (Fsp3) is 0.115. The third kappa shape index (κ3) is 4.53. The summed E-state index contributed by atoms with van der Waals surface area (Å²) in [7, 11) is 1.63. The molecule has 2 heterocycles. The summed E-state index contributed by atoms with van der Waals surface area (Å²) in [5, 5.41) is 10.3. The van der Waals surface area contributed by atoms with E-state index in [9.17, 15) is 4.79 Å². The normalized spacial score (nSPS) is 11.0.